The van der Waals surface area contributed by atoms with Crippen LogP contribution in [0, 0.1) is 11.7 Å². The molecule has 5 aromatic carbocycles. The summed E-state index contributed by atoms with van der Waals surface area (Å²) in [5, 5.41) is 0.626. The first-order chi connectivity index (χ1) is 27.4. The van der Waals surface area contributed by atoms with E-state index in [4.69, 9.17) is 21.1 Å². The lowest BCUT2D eigenvalue weighted by molar-refractivity contribution is -0.136. The highest BCUT2D eigenvalue weighted by molar-refractivity contribution is 6.30. The Hall–Kier alpha value is -5.02. The summed E-state index contributed by atoms with van der Waals surface area (Å²) in [5.41, 5.74) is 3.96. The lowest BCUT2D eigenvalue weighted by atomic mass is 9.82. The van der Waals surface area contributed by atoms with Gasteiger partial charge in [-0.25, -0.2) is 4.39 Å². The molecule has 5 aromatic rings. The van der Waals surface area contributed by atoms with Crippen molar-refractivity contribution in [1.82, 2.24) is 9.80 Å². The highest BCUT2D eigenvalue weighted by atomic mass is 35.5. The third-order valence-electron chi connectivity index (χ3n) is 10.9. The average molecular weight is 774 g/mol. The number of hydrogen-bond acceptors (Lipinski definition) is 5. The molecule has 290 valence electrons. The van der Waals surface area contributed by atoms with Crippen LogP contribution in [-0.4, -0.2) is 73.7 Å². The third-order valence-corrected chi connectivity index (χ3v) is 11.2. The van der Waals surface area contributed by atoms with Crippen LogP contribution in [0.4, 0.5) is 10.1 Å². The van der Waals surface area contributed by atoms with Crippen LogP contribution in [-0.2, 0) is 16.1 Å². The Morgan fingerprint density at radius 1 is 0.821 bits per heavy atom. The monoisotopic (exact) mass is 773 g/mol. The van der Waals surface area contributed by atoms with E-state index in [0.29, 0.717) is 48.1 Å². The quantitative estimate of drug-likeness (QED) is 0.113. The van der Waals surface area contributed by atoms with E-state index in [1.807, 2.05) is 109 Å². The summed E-state index contributed by atoms with van der Waals surface area (Å²) in [5.74, 6) is -0.287. The summed E-state index contributed by atoms with van der Waals surface area (Å²) in [7, 11) is 0. The number of amides is 2. The van der Waals surface area contributed by atoms with Crippen molar-refractivity contribution in [2.45, 2.75) is 44.2 Å². The highest BCUT2D eigenvalue weighted by Gasteiger charge is 2.36. The molecule has 2 atom stereocenters. The van der Waals surface area contributed by atoms with Crippen molar-refractivity contribution < 1.29 is 23.5 Å². The fourth-order valence-corrected chi connectivity index (χ4v) is 8.25. The lowest BCUT2D eigenvalue weighted by Crippen LogP contribution is -2.46. The molecule has 0 bridgehead atoms. The van der Waals surface area contributed by atoms with Gasteiger partial charge < -0.3 is 19.3 Å². The van der Waals surface area contributed by atoms with Gasteiger partial charge in [-0.3, -0.25) is 14.5 Å². The van der Waals surface area contributed by atoms with Crippen molar-refractivity contribution in [2.24, 2.45) is 5.92 Å². The van der Waals surface area contributed by atoms with Gasteiger partial charge in [0.15, 0.2) is 0 Å². The van der Waals surface area contributed by atoms with Crippen LogP contribution in [0.15, 0.2) is 133 Å². The number of carbonyl (C=O) groups is 2. The molecule has 0 N–H and O–H groups in total. The van der Waals surface area contributed by atoms with Crippen LogP contribution in [0.25, 0.3) is 0 Å². The van der Waals surface area contributed by atoms with Crippen LogP contribution < -0.4 is 9.64 Å². The number of hydrogen-bond donors (Lipinski definition) is 0. The smallest absolute Gasteiger partial charge is 0.258 e. The van der Waals surface area contributed by atoms with E-state index in [2.05, 4.69) is 9.80 Å². The zero-order chi connectivity index (χ0) is 38.7. The first-order valence-corrected chi connectivity index (χ1v) is 20.0. The van der Waals surface area contributed by atoms with Gasteiger partial charge in [-0.15, -0.1) is 0 Å². The minimum Gasteiger partial charge on any atom is -0.492 e. The van der Waals surface area contributed by atoms with E-state index in [1.165, 1.54) is 24.3 Å². The zero-order valence-corrected chi connectivity index (χ0v) is 32.4. The number of benzene rings is 5. The van der Waals surface area contributed by atoms with Crippen LogP contribution in [0.5, 0.6) is 5.75 Å². The predicted molar refractivity (Wildman–Crippen MR) is 220 cm³/mol. The molecular formula is C47H49ClFN3O4. The minimum absolute atomic E-state index is 0.0363. The fourth-order valence-electron chi connectivity index (χ4n) is 8.04. The third kappa shape index (κ3) is 10.2. The van der Waals surface area contributed by atoms with E-state index in [0.717, 1.165) is 68.8 Å². The van der Waals surface area contributed by atoms with Crippen molar-refractivity contribution >= 4 is 29.1 Å². The van der Waals surface area contributed by atoms with Gasteiger partial charge in [0.1, 0.15) is 18.2 Å². The number of anilines is 1. The molecule has 1 aliphatic carbocycles. The molecular weight excluding hydrogens is 725 g/mol. The van der Waals surface area contributed by atoms with Gasteiger partial charge in [-0.05, 0) is 90.4 Å². The average Bonchev–Trinajstić information content (AvgIpc) is 3.23. The van der Waals surface area contributed by atoms with Crippen molar-refractivity contribution in [2.75, 3.05) is 50.9 Å². The maximum Gasteiger partial charge on any atom is 0.258 e. The SMILES string of the molecule is O=C(c1ccc(F)cc1)N(CC1CCCC(N(Cc2cccc(Cl)c2)C(=O)C(c2ccccc2)c2ccccc2)C1)c1cccc(OCCN2CCOCC2)c1. The standard InChI is InChI=1S/C47H49ClFN3O4/c48-40-16-7-10-35(30-40)33-52(47(54)45(37-12-3-1-4-13-37)38-14-5-2-6-15-38)42-17-8-11-36(31-42)34-51(46(53)39-20-22-41(49)23-21-39)43-18-9-19-44(32-43)56-29-26-50-24-27-55-28-25-50/h1-7,9-10,12-16,18-23,30,32,36,42,45H,8,11,17,24-29,31,33-34H2. The molecule has 1 aliphatic heterocycles. The van der Waals surface area contributed by atoms with Crippen molar-refractivity contribution in [3.05, 3.63) is 167 Å². The number of nitrogens with zero attached hydrogens (tertiary/aromatic N) is 3. The molecule has 1 saturated carbocycles. The molecule has 0 aromatic heterocycles. The van der Waals surface area contributed by atoms with Gasteiger partial charge in [0.2, 0.25) is 5.91 Å². The molecule has 2 fully saturated rings. The number of rotatable bonds is 14. The summed E-state index contributed by atoms with van der Waals surface area (Å²) in [6.45, 7) is 5.37. The summed E-state index contributed by atoms with van der Waals surface area (Å²) in [6.07, 6.45) is 3.36. The van der Waals surface area contributed by atoms with Gasteiger partial charge >= 0.3 is 0 Å². The molecule has 2 aliphatic rings. The first kappa shape index (κ1) is 39.2. The summed E-state index contributed by atoms with van der Waals surface area (Å²) >= 11 is 6.47. The van der Waals surface area contributed by atoms with Gasteiger partial charge in [-0.2, -0.15) is 0 Å². The van der Waals surface area contributed by atoms with Gasteiger partial charge in [0.25, 0.3) is 5.91 Å². The summed E-state index contributed by atoms with van der Waals surface area (Å²) in [4.78, 5) is 35.6. The maximum absolute atomic E-state index is 15.1. The van der Waals surface area contributed by atoms with E-state index in [1.54, 1.807) is 4.90 Å². The second kappa shape index (κ2) is 19.2. The van der Waals surface area contributed by atoms with E-state index < -0.39 is 11.7 Å². The number of carbonyl (C=O) groups excluding carboxylic acids is 2. The predicted octanol–water partition coefficient (Wildman–Crippen LogP) is 9.26. The van der Waals surface area contributed by atoms with Crippen molar-refractivity contribution in [3.63, 3.8) is 0 Å². The van der Waals surface area contributed by atoms with Gasteiger partial charge in [0, 0.05) is 61.1 Å². The molecule has 0 spiro atoms. The molecule has 56 heavy (non-hydrogen) atoms. The largest absolute Gasteiger partial charge is 0.492 e. The normalized spacial score (nSPS) is 17.3. The Kier molecular flexibility index (Phi) is 13.5. The summed E-state index contributed by atoms with van der Waals surface area (Å²) < 4.78 is 25.7. The molecule has 7 nitrogen and oxygen atoms in total. The number of morpholine rings is 1. The minimum atomic E-state index is -0.487. The van der Waals surface area contributed by atoms with E-state index in [-0.39, 0.29) is 23.8 Å². The van der Waals surface area contributed by atoms with Crippen molar-refractivity contribution in [1.29, 1.82) is 0 Å². The van der Waals surface area contributed by atoms with Crippen LogP contribution >= 0.6 is 11.6 Å². The van der Waals surface area contributed by atoms with Crippen molar-refractivity contribution in [3.8, 4) is 5.75 Å². The Balaban J connectivity index is 1.16. The fraction of sp³-hybridized carbons (Fsp3) is 0.319. The molecule has 1 heterocycles. The van der Waals surface area contributed by atoms with Gasteiger partial charge in [0.05, 0.1) is 19.1 Å². The molecule has 9 heteroatoms. The number of halogens is 2. The second-order valence-electron chi connectivity index (χ2n) is 14.8. The second-order valence-corrected chi connectivity index (χ2v) is 15.2. The van der Waals surface area contributed by atoms with E-state index >= 15 is 4.79 Å². The summed E-state index contributed by atoms with van der Waals surface area (Å²) in [6, 6.07) is 41.0. The zero-order valence-electron chi connectivity index (χ0n) is 31.6. The first-order valence-electron chi connectivity index (χ1n) is 19.7. The Morgan fingerprint density at radius 3 is 2.21 bits per heavy atom. The van der Waals surface area contributed by atoms with E-state index in [9.17, 15) is 9.18 Å². The Morgan fingerprint density at radius 2 is 1.52 bits per heavy atom. The maximum atomic E-state index is 15.1. The van der Waals surface area contributed by atoms with Crippen LogP contribution in [0.2, 0.25) is 5.02 Å². The molecule has 2 amide bonds. The molecule has 2 unspecified atom stereocenters. The van der Waals surface area contributed by atoms with Crippen LogP contribution in [0.3, 0.4) is 0 Å². The number of ether oxygens (including phenoxy) is 2. The topological polar surface area (TPSA) is 62.3 Å². The molecule has 1 saturated heterocycles. The highest BCUT2D eigenvalue weighted by Crippen LogP contribution is 2.36. The molecule has 0 radical (unpaired) electrons. The molecule has 7 rings (SSSR count). The Labute approximate surface area is 334 Å². The Bertz CT molecular complexity index is 1990. The van der Waals surface area contributed by atoms with Gasteiger partial charge in [-0.1, -0.05) is 96.9 Å². The van der Waals surface area contributed by atoms with Crippen LogP contribution in [0.1, 0.15) is 58.6 Å². The lowest BCUT2D eigenvalue weighted by Gasteiger charge is -2.40.